The zero-order chi connectivity index (χ0) is 24.4. The van der Waals surface area contributed by atoms with Crippen LogP contribution >= 0.6 is 34.4 Å². The highest BCUT2D eigenvalue weighted by Gasteiger charge is 2.32. The van der Waals surface area contributed by atoms with E-state index in [-0.39, 0.29) is 11.5 Å². The average molecular weight is 596 g/mol. The Kier molecular flexibility index (Phi) is 6.87. The normalized spacial score (nSPS) is 15.2. The van der Waals surface area contributed by atoms with Crippen molar-refractivity contribution in [3.8, 4) is 0 Å². The van der Waals surface area contributed by atoms with Gasteiger partial charge >= 0.3 is 0 Å². The summed E-state index contributed by atoms with van der Waals surface area (Å²) >= 11 is 3.56. The van der Waals surface area contributed by atoms with E-state index in [1.165, 1.54) is 23.7 Å². The van der Waals surface area contributed by atoms with Crippen molar-refractivity contribution in [2.75, 3.05) is 5.75 Å². The van der Waals surface area contributed by atoms with Gasteiger partial charge in [0, 0.05) is 16.1 Å². The van der Waals surface area contributed by atoms with E-state index in [4.69, 9.17) is 9.72 Å². The molecule has 0 radical (unpaired) electrons. The molecule has 9 heteroatoms. The molecule has 3 aromatic carbocycles. The summed E-state index contributed by atoms with van der Waals surface area (Å²) in [6, 6.07) is 25.0. The highest BCUT2D eigenvalue weighted by Crippen LogP contribution is 2.30. The monoisotopic (exact) mass is 596 g/mol. The average Bonchev–Trinajstić information content (AvgIpc) is 3.31. The van der Waals surface area contributed by atoms with Crippen molar-refractivity contribution in [2.45, 2.75) is 24.9 Å². The van der Waals surface area contributed by atoms with Crippen LogP contribution in [0.5, 0.6) is 0 Å². The molecule has 5 rings (SSSR count). The zero-order valence-corrected chi connectivity index (χ0v) is 21.8. The fourth-order valence-corrected chi connectivity index (χ4v) is 5.15. The summed E-state index contributed by atoms with van der Waals surface area (Å²) in [6.45, 7) is 1.86. The van der Waals surface area contributed by atoms with E-state index in [9.17, 15) is 9.59 Å². The molecular formula is C26H21IN4O3S. The summed E-state index contributed by atoms with van der Waals surface area (Å²) in [7, 11) is 0. The van der Waals surface area contributed by atoms with Crippen LogP contribution in [0, 0.1) is 3.57 Å². The van der Waals surface area contributed by atoms with Crippen LogP contribution < -0.4 is 5.56 Å². The van der Waals surface area contributed by atoms with Crippen LogP contribution in [-0.4, -0.2) is 32.1 Å². The molecule has 176 valence electrons. The Morgan fingerprint density at radius 3 is 2.49 bits per heavy atom. The van der Waals surface area contributed by atoms with Crippen molar-refractivity contribution in [1.29, 1.82) is 0 Å². The molecule has 0 fully saturated rings. The summed E-state index contributed by atoms with van der Waals surface area (Å²) in [6.07, 6.45) is -0.609. The molecule has 1 unspecified atom stereocenters. The topological polar surface area (TPSA) is 76.8 Å². The van der Waals surface area contributed by atoms with Crippen molar-refractivity contribution in [3.63, 3.8) is 0 Å². The molecule has 35 heavy (non-hydrogen) atoms. The molecular weight excluding hydrogens is 575 g/mol. The summed E-state index contributed by atoms with van der Waals surface area (Å²) in [5.41, 5.74) is 2.39. The van der Waals surface area contributed by atoms with Crippen LogP contribution in [0.2, 0.25) is 0 Å². The van der Waals surface area contributed by atoms with Crippen LogP contribution in [0.15, 0.2) is 93.9 Å². The van der Waals surface area contributed by atoms with Gasteiger partial charge in [-0.1, -0.05) is 72.4 Å². The number of benzene rings is 3. The van der Waals surface area contributed by atoms with Gasteiger partial charge in [-0.15, -0.1) is 5.10 Å². The molecule has 1 amide bonds. The molecule has 1 aromatic heterocycles. The van der Waals surface area contributed by atoms with Crippen molar-refractivity contribution in [3.05, 3.63) is 104 Å². The smallest absolute Gasteiger partial charge is 0.262 e. The van der Waals surface area contributed by atoms with Gasteiger partial charge in [0.05, 0.1) is 23.2 Å². The molecule has 2 heterocycles. The number of nitrogens with zero attached hydrogens (tertiary/aromatic N) is 4. The van der Waals surface area contributed by atoms with Gasteiger partial charge in [-0.05, 0) is 46.4 Å². The highest BCUT2D eigenvalue weighted by atomic mass is 127. The Bertz CT molecular complexity index is 1470. The first-order chi connectivity index (χ1) is 17.0. The molecule has 0 saturated carbocycles. The Morgan fingerprint density at radius 1 is 1.06 bits per heavy atom. The minimum Gasteiger partial charge on any atom is -0.449 e. The van der Waals surface area contributed by atoms with Crippen molar-refractivity contribution in [1.82, 2.24) is 14.6 Å². The van der Waals surface area contributed by atoms with E-state index >= 15 is 0 Å². The number of halogens is 1. The van der Waals surface area contributed by atoms with Crippen LogP contribution in [0.4, 0.5) is 0 Å². The van der Waals surface area contributed by atoms with Gasteiger partial charge in [0.25, 0.3) is 5.56 Å². The second kappa shape index (κ2) is 10.2. The van der Waals surface area contributed by atoms with E-state index in [2.05, 4.69) is 27.7 Å². The third kappa shape index (κ3) is 5.10. The van der Waals surface area contributed by atoms with Gasteiger partial charge in [0.1, 0.15) is 0 Å². The van der Waals surface area contributed by atoms with Gasteiger partial charge in [0.2, 0.25) is 18.0 Å². The zero-order valence-electron chi connectivity index (χ0n) is 18.8. The number of ether oxygens (including phenoxy) is 1. The van der Waals surface area contributed by atoms with Gasteiger partial charge in [0.15, 0.2) is 5.16 Å². The maximum Gasteiger partial charge on any atom is 0.262 e. The summed E-state index contributed by atoms with van der Waals surface area (Å²) in [5.74, 6) is 0.519. The molecule has 7 nitrogen and oxygen atoms in total. The number of hydrogen-bond donors (Lipinski definition) is 0. The molecule has 0 spiro atoms. The number of carbonyl (C=O) groups is 1. The number of hydrogen-bond acceptors (Lipinski definition) is 6. The Morgan fingerprint density at radius 2 is 1.77 bits per heavy atom. The van der Waals surface area contributed by atoms with Crippen molar-refractivity contribution in [2.24, 2.45) is 5.10 Å². The predicted molar refractivity (Wildman–Crippen MR) is 145 cm³/mol. The van der Waals surface area contributed by atoms with Gasteiger partial charge < -0.3 is 4.74 Å². The second-order valence-electron chi connectivity index (χ2n) is 7.96. The maximum atomic E-state index is 13.5. The number of aromatic nitrogens is 2. The molecule has 1 atom stereocenters. The molecule has 1 aliphatic rings. The van der Waals surface area contributed by atoms with Gasteiger partial charge in [-0.25, -0.2) is 4.98 Å². The molecule has 4 aromatic rings. The predicted octanol–water partition coefficient (Wildman–Crippen LogP) is 5.03. The summed E-state index contributed by atoms with van der Waals surface area (Å²) in [4.78, 5) is 30.5. The largest absolute Gasteiger partial charge is 0.449 e. The fourth-order valence-electron chi connectivity index (χ4n) is 3.81. The highest BCUT2D eigenvalue weighted by molar-refractivity contribution is 14.1. The van der Waals surface area contributed by atoms with Gasteiger partial charge in [-0.3, -0.25) is 14.2 Å². The molecule has 0 bridgehead atoms. The first-order valence-electron chi connectivity index (χ1n) is 11.0. The Labute approximate surface area is 220 Å². The number of rotatable bonds is 6. The molecule has 0 aliphatic carbocycles. The standard InChI is InChI=1S/C26H21IN4O3S/c1-17(32)31-25(19-10-6-3-7-11-19)34-23(29-31)16-35-26-28-22-13-12-20(27)14-21(22)24(33)30(26)15-18-8-4-2-5-9-18/h2-14,25H,15-16H2,1H3. The van der Waals surface area contributed by atoms with E-state index < -0.39 is 6.23 Å². The quantitative estimate of drug-likeness (QED) is 0.177. The van der Waals surface area contributed by atoms with Crippen LogP contribution in [-0.2, 0) is 16.1 Å². The minimum absolute atomic E-state index is 0.0957. The van der Waals surface area contributed by atoms with Crippen LogP contribution in [0.3, 0.4) is 0 Å². The first-order valence-corrected chi connectivity index (χ1v) is 13.0. The SMILES string of the molecule is CC(=O)N1N=C(CSc2nc3ccc(I)cc3c(=O)n2Cc2ccccc2)OC1c1ccccc1. The van der Waals surface area contributed by atoms with Crippen LogP contribution in [0.25, 0.3) is 10.9 Å². The lowest BCUT2D eigenvalue weighted by Gasteiger charge is -2.19. The lowest BCUT2D eigenvalue weighted by Crippen LogP contribution is -2.25. The minimum atomic E-state index is -0.609. The third-order valence-corrected chi connectivity index (χ3v) is 7.12. The van der Waals surface area contributed by atoms with Gasteiger partial charge in [-0.2, -0.15) is 5.01 Å². The second-order valence-corrected chi connectivity index (χ2v) is 10.1. The Balaban J connectivity index is 1.46. The molecule has 1 aliphatic heterocycles. The number of hydrazone groups is 1. The van der Waals surface area contributed by atoms with E-state index in [0.717, 1.165) is 14.7 Å². The number of fused-ring (bicyclic) bond motifs is 1. The first kappa shape index (κ1) is 23.6. The number of thioether (sulfide) groups is 1. The molecule has 0 saturated heterocycles. The third-order valence-electron chi connectivity index (χ3n) is 5.49. The number of carbonyl (C=O) groups excluding carboxylic acids is 1. The Hall–Kier alpha value is -3.18. The molecule has 0 N–H and O–H groups in total. The summed E-state index contributed by atoms with van der Waals surface area (Å²) in [5, 5.41) is 6.91. The van der Waals surface area contributed by atoms with Crippen LogP contribution in [0.1, 0.15) is 24.3 Å². The van der Waals surface area contributed by atoms with Crippen molar-refractivity contribution >= 4 is 57.1 Å². The maximum absolute atomic E-state index is 13.5. The lowest BCUT2D eigenvalue weighted by atomic mass is 10.2. The number of amides is 1. The summed E-state index contributed by atoms with van der Waals surface area (Å²) < 4.78 is 8.72. The van der Waals surface area contributed by atoms with Crippen molar-refractivity contribution < 1.29 is 9.53 Å². The van der Waals surface area contributed by atoms with E-state index in [0.29, 0.717) is 34.3 Å². The lowest BCUT2D eigenvalue weighted by molar-refractivity contribution is -0.135. The fraction of sp³-hybridized carbons (Fsp3) is 0.154. The van der Waals surface area contributed by atoms with E-state index in [1.54, 1.807) is 4.57 Å². The van der Waals surface area contributed by atoms with E-state index in [1.807, 2.05) is 78.9 Å².